The second-order valence-corrected chi connectivity index (χ2v) is 7.42. The Kier molecular flexibility index (Phi) is 6.57. The molecule has 0 atom stereocenters. The highest BCUT2D eigenvalue weighted by molar-refractivity contribution is 9.10. The Morgan fingerprint density at radius 3 is 2.41 bits per heavy atom. The molecular formula is C23H19BrN2O3. The summed E-state index contributed by atoms with van der Waals surface area (Å²) in [4.78, 5) is 24.6. The Morgan fingerprint density at radius 2 is 1.69 bits per heavy atom. The Balaban J connectivity index is 1.74. The number of esters is 1. The van der Waals surface area contributed by atoms with Gasteiger partial charge in [-0.25, -0.2) is 10.2 Å². The minimum atomic E-state index is -0.467. The first-order valence-electron chi connectivity index (χ1n) is 8.91. The molecule has 3 rings (SSSR count). The Hall–Kier alpha value is -3.25. The zero-order chi connectivity index (χ0) is 20.8. The fourth-order valence-corrected chi connectivity index (χ4v) is 2.95. The van der Waals surface area contributed by atoms with Crippen LogP contribution in [0.4, 0.5) is 0 Å². The topological polar surface area (TPSA) is 67.8 Å². The van der Waals surface area contributed by atoms with Crippen molar-refractivity contribution in [2.45, 2.75) is 13.8 Å². The van der Waals surface area contributed by atoms with Gasteiger partial charge in [-0.1, -0.05) is 51.3 Å². The van der Waals surface area contributed by atoms with E-state index >= 15 is 0 Å². The summed E-state index contributed by atoms with van der Waals surface area (Å²) in [6.07, 6.45) is 1.44. The average molecular weight is 451 g/mol. The van der Waals surface area contributed by atoms with Crippen LogP contribution in [-0.2, 0) is 0 Å². The van der Waals surface area contributed by atoms with E-state index in [2.05, 4.69) is 26.5 Å². The minimum absolute atomic E-state index is 0.321. The van der Waals surface area contributed by atoms with Gasteiger partial charge in [-0.2, -0.15) is 5.10 Å². The highest BCUT2D eigenvalue weighted by Crippen LogP contribution is 2.23. The molecule has 1 amide bonds. The molecule has 0 spiro atoms. The maximum atomic E-state index is 12.4. The molecule has 0 aromatic heterocycles. The zero-order valence-corrected chi connectivity index (χ0v) is 17.6. The van der Waals surface area contributed by atoms with Crippen molar-refractivity contribution >= 4 is 34.0 Å². The minimum Gasteiger partial charge on any atom is -0.422 e. The van der Waals surface area contributed by atoms with Crippen LogP contribution < -0.4 is 10.2 Å². The first-order valence-corrected chi connectivity index (χ1v) is 9.70. The van der Waals surface area contributed by atoms with Crippen molar-refractivity contribution < 1.29 is 14.3 Å². The summed E-state index contributed by atoms with van der Waals surface area (Å²) in [5, 5.41) is 4.00. The summed E-state index contributed by atoms with van der Waals surface area (Å²) in [5.74, 6) is -0.448. The highest BCUT2D eigenvalue weighted by atomic mass is 79.9. The molecule has 0 aliphatic rings. The fraction of sp³-hybridized carbons (Fsp3) is 0.0870. The highest BCUT2D eigenvalue weighted by Gasteiger charge is 2.12. The molecule has 0 heterocycles. The number of hydrogen-bond acceptors (Lipinski definition) is 4. The van der Waals surface area contributed by atoms with Crippen LogP contribution in [0.15, 0.2) is 76.3 Å². The van der Waals surface area contributed by atoms with E-state index in [0.29, 0.717) is 22.4 Å². The van der Waals surface area contributed by atoms with Crippen LogP contribution in [0.2, 0.25) is 0 Å². The van der Waals surface area contributed by atoms with E-state index in [1.807, 2.05) is 38.1 Å². The summed E-state index contributed by atoms with van der Waals surface area (Å²) in [7, 11) is 0. The van der Waals surface area contributed by atoms with Crippen LogP contribution in [0, 0.1) is 13.8 Å². The largest absolute Gasteiger partial charge is 0.422 e. The molecule has 0 aliphatic heterocycles. The standard InChI is InChI=1S/C23H19BrN2O3/c1-15-6-8-17(9-7-15)23(28)29-21-11-10-20(24)13-19(21)14-25-26-22(27)18-5-3-4-16(2)12-18/h3-14H,1-2H3,(H,26,27). The molecule has 1 N–H and O–H groups in total. The van der Waals surface area contributed by atoms with Gasteiger partial charge in [0.25, 0.3) is 5.91 Å². The molecular weight excluding hydrogens is 432 g/mol. The number of nitrogens with one attached hydrogen (secondary N) is 1. The van der Waals surface area contributed by atoms with Crippen LogP contribution in [0.3, 0.4) is 0 Å². The molecule has 146 valence electrons. The SMILES string of the molecule is Cc1ccc(C(=O)Oc2ccc(Br)cc2C=NNC(=O)c2cccc(C)c2)cc1. The second-order valence-electron chi connectivity index (χ2n) is 6.51. The van der Waals surface area contributed by atoms with E-state index in [9.17, 15) is 9.59 Å². The van der Waals surface area contributed by atoms with Gasteiger partial charge >= 0.3 is 5.97 Å². The van der Waals surface area contributed by atoms with E-state index in [0.717, 1.165) is 15.6 Å². The van der Waals surface area contributed by atoms with Gasteiger partial charge in [-0.3, -0.25) is 4.79 Å². The van der Waals surface area contributed by atoms with Gasteiger partial charge < -0.3 is 4.74 Å². The van der Waals surface area contributed by atoms with E-state index in [1.165, 1.54) is 6.21 Å². The molecule has 0 saturated carbocycles. The summed E-state index contributed by atoms with van der Waals surface area (Å²) in [5.41, 5.74) is 6.04. The van der Waals surface area contributed by atoms with E-state index in [4.69, 9.17) is 4.74 Å². The van der Waals surface area contributed by atoms with Crippen molar-refractivity contribution in [3.63, 3.8) is 0 Å². The molecule has 5 nitrogen and oxygen atoms in total. The second kappa shape index (κ2) is 9.30. The number of amides is 1. The summed E-state index contributed by atoms with van der Waals surface area (Å²) in [6.45, 7) is 3.86. The third kappa shape index (κ3) is 5.62. The Morgan fingerprint density at radius 1 is 0.931 bits per heavy atom. The third-order valence-electron chi connectivity index (χ3n) is 4.11. The van der Waals surface area contributed by atoms with Crippen LogP contribution in [-0.4, -0.2) is 18.1 Å². The van der Waals surface area contributed by atoms with E-state index in [-0.39, 0.29) is 5.91 Å². The lowest BCUT2D eigenvalue weighted by Gasteiger charge is -2.08. The van der Waals surface area contributed by atoms with Crippen LogP contribution in [0.1, 0.15) is 37.4 Å². The molecule has 6 heteroatoms. The monoisotopic (exact) mass is 450 g/mol. The number of ether oxygens (including phenoxy) is 1. The normalized spacial score (nSPS) is 10.7. The van der Waals surface area contributed by atoms with Crippen molar-refractivity contribution in [3.05, 3.63) is 99.0 Å². The van der Waals surface area contributed by atoms with Gasteiger partial charge in [0, 0.05) is 15.6 Å². The predicted molar refractivity (Wildman–Crippen MR) is 117 cm³/mol. The quantitative estimate of drug-likeness (QED) is 0.256. The van der Waals surface area contributed by atoms with Crippen LogP contribution >= 0.6 is 15.9 Å². The van der Waals surface area contributed by atoms with E-state index < -0.39 is 5.97 Å². The predicted octanol–water partition coefficient (Wildman–Crippen LogP) is 5.05. The molecule has 0 saturated heterocycles. The van der Waals surface area contributed by atoms with Crippen molar-refractivity contribution in [1.29, 1.82) is 0 Å². The maximum Gasteiger partial charge on any atom is 0.343 e. The number of nitrogens with zero attached hydrogens (tertiary/aromatic N) is 1. The number of carbonyl (C=O) groups is 2. The fourth-order valence-electron chi connectivity index (χ4n) is 2.57. The molecule has 3 aromatic rings. The number of carbonyl (C=O) groups excluding carboxylic acids is 2. The zero-order valence-electron chi connectivity index (χ0n) is 16.0. The molecule has 29 heavy (non-hydrogen) atoms. The number of hydrazone groups is 1. The van der Waals surface area contributed by atoms with Gasteiger partial charge in [0.05, 0.1) is 11.8 Å². The van der Waals surface area contributed by atoms with Crippen molar-refractivity contribution in [1.82, 2.24) is 5.43 Å². The number of benzene rings is 3. The van der Waals surface area contributed by atoms with Gasteiger partial charge in [-0.15, -0.1) is 0 Å². The van der Waals surface area contributed by atoms with Crippen LogP contribution in [0.5, 0.6) is 5.75 Å². The lowest BCUT2D eigenvalue weighted by molar-refractivity contribution is 0.0734. The number of rotatable bonds is 5. The van der Waals surface area contributed by atoms with Gasteiger partial charge in [0.1, 0.15) is 5.75 Å². The van der Waals surface area contributed by atoms with Gasteiger partial charge in [0.2, 0.25) is 0 Å². The summed E-state index contributed by atoms with van der Waals surface area (Å²) in [6, 6.07) is 19.5. The smallest absolute Gasteiger partial charge is 0.343 e. The van der Waals surface area contributed by atoms with Crippen molar-refractivity contribution in [3.8, 4) is 5.75 Å². The molecule has 3 aromatic carbocycles. The molecule has 0 fully saturated rings. The Labute approximate surface area is 177 Å². The average Bonchev–Trinajstić information content (AvgIpc) is 2.70. The van der Waals surface area contributed by atoms with Gasteiger partial charge in [0.15, 0.2) is 0 Å². The molecule has 0 unspecified atom stereocenters. The van der Waals surface area contributed by atoms with Crippen molar-refractivity contribution in [2.24, 2.45) is 5.10 Å². The summed E-state index contributed by atoms with van der Waals surface area (Å²) < 4.78 is 6.31. The van der Waals surface area contributed by atoms with Crippen LogP contribution in [0.25, 0.3) is 0 Å². The first kappa shape index (κ1) is 20.5. The lowest BCUT2D eigenvalue weighted by atomic mass is 10.1. The lowest BCUT2D eigenvalue weighted by Crippen LogP contribution is -2.17. The third-order valence-corrected chi connectivity index (χ3v) is 4.61. The Bertz CT molecular complexity index is 1080. The first-order chi connectivity index (χ1) is 13.9. The van der Waals surface area contributed by atoms with Gasteiger partial charge in [-0.05, 0) is 56.3 Å². The van der Waals surface area contributed by atoms with Crippen molar-refractivity contribution in [2.75, 3.05) is 0 Å². The number of halogens is 1. The summed E-state index contributed by atoms with van der Waals surface area (Å²) >= 11 is 3.39. The molecule has 0 bridgehead atoms. The number of aryl methyl sites for hydroxylation is 2. The molecule has 0 radical (unpaired) electrons. The maximum absolute atomic E-state index is 12.4. The van der Waals surface area contributed by atoms with E-state index in [1.54, 1.807) is 42.5 Å². The number of hydrogen-bond donors (Lipinski definition) is 1. The molecule has 0 aliphatic carbocycles.